The SMILES string of the molecule is CN(c1cc2ncc(=O)[nH]c2cc1NC(=S)NC(=O)/C=C/c1ccccc1)C1CCCCC1. The Hall–Kier alpha value is -3.52. The van der Waals surface area contributed by atoms with Gasteiger partial charge in [0.25, 0.3) is 5.56 Å². The molecule has 0 spiro atoms. The fourth-order valence-corrected chi connectivity index (χ4v) is 4.39. The maximum absolute atomic E-state index is 12.3. The zero-order valence-electron chi connectivity index (χ0n) is 18.5. The molecule has 0 bridgehead atoms. The topological polar surface area (TPSA) is 90.1 Å². The van der Waals surface area contributed by atoms with E-state index in [1.165, 1.54) is 31.5 Å². The maximum atomic E-state index is 12.3. The molecule has 33 heavy (non-hydrogen) atoms. The Morgan fingerprint density at radius 2 is 1.94 bits per heavy atom. The smallest absolute Gasteiger partial charge is 0.266 e. The lowest BCUT2D eigenvalue weighted by molar-refractivity contribution is -0.115. The Morgan fingerprint density at radius 1 is 1.18 bits per heavy atom. The molecule has 0 atom stereocenters. The fraction of sp³-hybridized carbons (Fsp3) is 0.280. The van der Waals surface area contributed by atoms with Crippen LogP contribution in [0.2, 0.25) is 0 Å². The second-order valence-corrected chi connectivity index (χ2v) is 8.63. The van der Waals surface area contributed by atoms with Crippen LogP contribution in [-0.2, 0) is 4.79 Å². The van der Waals surface area contributed by atoms with E-state index < -0.39 is 0 Å². The second kappa shape index (κ2) is 10.4. The number of benzene rings is 2. The maximum Gasteiger partial charge on any atom is 0.266 e. The van der Waals surface area contributed by atoms with E-state index in [9.17, 15) is 9.59 Å². The number of carbonyl (C=O) groups excluding carboxylic acids is 1. The van der Waals surface area contributed by atoms with Crippen molar-refractivity contribution >= 4 is 51.7 Å². The van der Waals surface area contributed by atoms with Crippen LogP contribution in [0.1, 0.15) is 37.7 Å². The van der Waals surface area contributed by atoms with Crippen molar-refractivity contribution in [1.82, 2.24) is 15.3 Å². The number of hydrogen-bond acceptors (Lipinski definition) is 5. The molecule has 1 aliphatic carbocycles. The number of aromatic nitrogens is 2. The minimum Gasteiger partial charge on any atom is -0.370 e. The predicted molar refractivity (Wildman–Crippen MR) is 137 cm³/mol. The van der Waals surface area contributed by atoms with Crippen molar-refractivity contribution in [3.63, 3.8) is 0 Å². The summed E-state index contributed by atoms with van der Waals surface area (Å²) in [6.07, 6.45) is 10.4. The molecular formula is C25H27N5O2S. The van der Waals surface area contributed by atoms with Gasteiger partial charge in [0.15, 0.2) is 5.11 Å². The minimum absolute atomic E-state index is 0.182. The summed E-state index contributed by atoms with van der Waals surface area (Å²) in [6.45, 7) is 0. The Kier molecular flexibility index (Phi) is 7.14. The van der Waals surface area contributed by atoms with Crippen molar-refractivity contribution in [1.29, 1.82) is 0 Å². The third kappa shape index (κ3) is 5.84. The largest absolute Gasteiger partial charge is 0.370 e. The number of hydrogen-bond donors (Lipinski definition) is 3. The Labute approximate surface area is 197 Å². The van der Waals surface area contributed by atoms with Gasteiger partial charge < -0.3 is 15.2 Å². The van der Waals surface area contributed by atoms with Gasteiger partial charge in [0.1, 0.15) is 0 Å². The van der Waals surface area contributed by atoms with Gasteiger partial charge in [0.05, 0.1) is 28.6 Å². The van der Waals surface area contributed by atoms with Crippen molar-refractivity contribution in [2.45, 2.75) is 38.1 Å². The van der Waals surface area contributed by atoms with Crippen LogP contribution >= 0.6 is 12.2 Å². The summed E-state index contributed by atoms with van der Waals surface area (Å²) in [5, 5.41) is 6.02. The highest BCUT2D eigenvalue weighted by atomic mass is 32.1. The summed E-state index contributed by atoms with van der Waals surface area (Å²) < 4.78 is 0. The van der Waals surface area contributed by atoms with Crippen LogP contribution in [0.5, 0.6) is 0 Å². The summed E-state index contributed by atoms with van der Waals surface area (Å²) in [6, 6.07) is 13.7. The number of anilines is 2. The number of amides is 1. The van der Waals surface area contributed by atoms with Gasteiger partial charge in [0.2, 0.25) is 5.91 Å². The average molecular weight is 462 g/mol. The highest BCUT2D eigenvalue weighted by Crippen LogP contribution is 2.33. The van der Waals surface area contributed by atoms with Gasteiger partial charge in [-0.05, 0) is 48.8 Å². The number of thiocarbonyl (C=S) groups is 1. The quantitative estimate of drug-likeness (QED) is 0.389. The zero-order chi connectivity index (χ0) is 23.2. The van der Waals surface area contributed by atoms with E-state index in [4.69, 9.17) is 12.2 Å². The minimum atomic E-state index is -0.325. The highest BCUT2D eigenvalue weighted by Gasteiger charge is 2.21. The van der Waals surface area contributed by atoms with Gasteiger partial charge in [-0.1, -0.05) is 49.6 Å². The van der Waals surface area contributed by atoms with Crippen LogP contribution in [0.15, 0.2) is 59.5 Å². The second-order valence-electron chi connectivity index (χ2n) is 8.22. The van der Waals surface area contributed by atoms with Crippen molar-refractivity contribution in [2.75, 3.05) is 17.3 Å². The van der Waals surface area contributed by atoms with Gasteiger partial charge in [-0.15, -0.1) is 0 Å². The van der Waals surface area contributed by atoms with Gasteiger partial charge in [-0.3, -0.25) is 14.9 Å². The lowest BCUT2D eigenvalue weighted by atomic mass is 9.94. The monoisotopic (exact) mass is 461 g/mol. The highest BCUT2D eigenvalue weighted by molar-refractivity contribution is 7.80. The number of aromatic amines is 1. The normalized spacial score (nSPS) is 14.3. The molecule has 0 radical (unpaired) electrons. The molecular weight excluding hydrogens is 434 g/mol. The van der Waals surface area contributed by atoms with Gasteiger partial charge >= 0.3 is 0 Å². The molecule has 1 fully saturated rings. The predicted octanol–water partition coefficient (Wildman–Crippen LogP) is 4.22. The van der Waals surface area contributed by atoms with Crippen molar-refractivity contribution in [2.24, 2.45) is 0 Å². The standard InChI is InChI=1S/C25H27N5O2S/c1-30(18-10-6-3-7-11-18)22-15-19-20(27-24(32)16-26-19)14-21(22)28-25(33)29-23(31)13-12-17-8-4-2-5-9-17/h2,4-5,8-9,12-16,18H,3,6-7,10-11H2,1H3,(H,27,32)(H2,28,29,31,33)/b13-12+. The molecule has 0 unspecified atom stereocenters. The zero-order valence-corrected chi connectivity index (χ0v) is 19.3. The van der Waals surface area contributed by atoms with Crippen LogP contribution in [-0.4, -0.2) is 34.1 Å². The van der Waals surface area contributed by atoms with Crippen molar-refractivity contribution < 1.29 is 4.79 Å². The van der Waals surface area contributed by atoms with E-state index in [0.29, 0.717) is 22.8 Å². The summed E-state index contributed by atoms with van der Waals surface area (Å²) in [4.78, 5) is 33.5. The van der Waals surface area contributed by atoms with Gasteiger partial charge in [-0.25, -0.2) is 4.98 Å². The number of fused-ring (bicyclic) bond motifs is 1. The van der Waals surface area contributed by atoms with E-state index in [-0.39, 0.29) is 16.6 Å². The van der Waals surface area contributed by atoms with E-state index in [2.05, 4.69) is 32.5 Å². The molecule has 0 saturated heterocycles. The van der Waals surface area contributed by atoms with E-state index in [1.807, 2.05) is 42.5 Å². The number of H-pyrrole nitrogens is 1. The van der Waals surface area contributed by atoms with Crippen LogP contribution in [0.3, 0.4) is 0 Å². The first kappa shape index (κ1) is 22.7. The fourth-order valence-electron chi connectivity index (χ4n) is 4.18. The van der Waals surface area contributed by atoms with Gasteiger partial charge in [0, 0.05) is 19.2 Å². The van der Waals surface area contributed by atoms with Crippen LogP contribution in [0, 0.1) is 0 Å². The number of nitrogens with zero attached hydrogens (tertiary/aromatic N) is 2. The Balaban J connectivity index is 1.55. The molecule has 0 aliphatic heterocycles. The molecule has 1 amide bonds. The first-order valence-electron chi connectivity index (χ1n) is 11.1. The molecule has 7 nitrogen and oxygen atoms in total. The van der Waals surface area contributed by atoms with Crippen LogP contribution in [0.25, 0.3) is 17.1 Å². The molecule has 8 heteroatoms. The van der Waals surface area contributed by atoms with E-state index in [1.54, 1.807) is 6.08 Å². The number of rotatable bonds is 5. The summed E-state index contributed by atoms with van der Waals surface area (Å²) >= 11 is 5.41. The molecule has 1 aromatic heterocycles. The first-order chi connectivity index (χ1) is 16.0. The number of nitrogens with one attached hydrogen (secondary N) is 3. The van der Waals surface area contributed by atoms with Crippen LogP contribution < -0.4 is 21.1 Å². The molecule has 1 aliphatic rings. The van der Waals surface area contributed by atoms with Crippen molar-refractivity contribution in [3.8, 4) is 0 Å². The lowest BCUT2D eigenvalue weighted by Gasteiger charge is -2.34. The molecule has 170 valence electrons. The molecule has 1 saturated carbocycles. The summed E-state index contributed by atoms with van der Waals surface area (Å²) in [7, 11) is 2.07. The first-order valence-corrected chi connectivity index (χ1v) is 11.5. The average Bonchev–Trinajstić information content (AvgIpc) is 2.83. The molecule has 4 rings (SSSR count). The third-order valence-electron chi connectivity index (χ3n) is 5.91. The van der Waals surface area contributed by atoms with Crippen molar-refractivity contribution in [3.05, 3.63) is 70.7 Å². The molecule has 1 heterocycles. The van der Waals surface area contributed by atoms with E-state index in [0.717, 1.165) is 24.1 Å². The van der Waals surface area contributed by atoms with Gasteiger partial charge in [-0.2, -0.15) is 0 Å². The van der Waals surface area contributed by atoms with E-state index >= 15 is 0 Å². The lowest BCUT2D eigenvalue weighted by Crippen LogP contribution is -2.36. The molecule has 2 aromatic carbocycles. The Morgan fingerprint density at radius 3 is 2.70 bits per heavy atom. The summed E-state index contributed by atoms with van der Waals surface area (Å²) in [5.74, 6) is -0.325. The molecule has 3 aromatic rings. The van der Waals surface area contributed by atoms with Crippen LogP contribution in [0.4, 0.5) is 11.4 Å². The third-order valence-corrected chi connectivity index (χ3v) is 6.11. The number of carbonyl (C=O) groups is 1. The summed E-state index contributed by atoms with van der Waals surface area (Å²) in [5.41, 5.74) is 3.57. The molecule has 3 N–H and O–H groups in total. The Bertz CT molecular complexity index is 1230.